The Bertz CT molecular complexity index is 833. The van der Waals surface area contributed by atoms with Crippen LogP contribution in [0.3, 0.4) is 0 Å². The van der Waals surface area contributed by atoms with Gasteiger partial charge in [0, 0.05) is 50.4 Å². The molecule has 0 unspecified atom stereocenters. The van der Waals surface area contributed by atoms with E-state index in [1.807, 2.05) is 42.2 Å². The van der Waals surface area contributed by atoms with E-state index in [1.54, 1.807) is 6.07 Å². The summed E-state index contributed by atoms with van der Waals surface area (Å²) in [6.45, 7) is 7.31. The number of hydrogen-bond acceptors (Lipinski definition) is 3. The molecule has 0 N–H and O–H groups in total. The SMILES string of the molecule is CC(=O)N(CC(=O)N1CCN(Cc2ccccc2)CC1)c1ccc(C)c(Cl)c1. The highest BCUT2D eigenvalue weighted by Crippen LogP contribution is 2.23. The molecule has 2 aromatic rings. The number of hydrogen-bond donors (Lipinski definition) is 0. The smallest absolute Gasteiger partial charge is 0.242 e. The van der Waals surface area contributed by atoms with Gasteiger partial charge in [-0.2, -0.15) is 0 Å². The van der Waals surface area contributed by atoms with Crippen LogP contribution >= 0.6 is 11.6 Å². The quantitative estimate of drug-likeness (QED) is 0.774. The third-order valence-corrected chi connectivity index (χ3v) is 5.52. The van der Waals surface area contributed by atoms with Crippen molar-refractivity contribution in [3.63, 3.8) is 0 Å². The highest BCUT2D eigenvalue weighted by Gasteiger charge is 2.24. The van der Waals surface area contributed by atoms with Crippen molar-refractivity contribution < 1.29 is 9.59 Å². The fourth-order valence-electron chi connectivity index (χ4n) is 3.37. The molecule has 1 aliphatic rings. The van der Waals surface area contributed by atoms with E-state index in [0.29, 0.717) is 23.8 Å². The molecule has 28 heavy (non-hydrogen) atoms. The minimum absolute atomic E-state index is 0.0351. The molecular weight excluding hydrogens is 374 g/mol. The van der Waals surface area contributed by atoms with Crippen LogP contribution in [0.4, 0.5) is 5.69 Å². The van der Waals surface area contributed by atoms with Gasteiger partial charge in [0.2, 0.25) is 11.8 Å². The number of aryl methyl sites for hydroxylation is 1. The van der Waals surface area contributed by atoms with Gasteiger partial charge in [0.25, 0.3) is 0 Å². The van der Waals surface area contributed by atoms with Crippen molar-refractivity contribution in [1.29, 1.82) is 0 Å². The number of halogens is 1. The molecule has 1 heterocycles. The summed E-state index contributed by atoms with van der Waals surface area (Å²) in [6.07, 6.45) is 0. The van der Waals surface area contributed by atoms with Gasteiger partial charge in [0.15, 0.2) is 0 Å². The Morgan fingerprint density at radius 3 is 2.32 bits per heavy atom. The van der Waals surface area contributed by atoms with Crippen molar-refractivity contribution in [2.45, 2.75) is 20.4 Å². The zero-order valence-corrected chi connectivity index (χ0v) is 17.2. The largest absolute Gasteiger partial charge is 0.339 e. The van der Waals surface area contributed by atoms with Gasteiger partial charge in [-0.05, 0) is 30.2 Å². The summed E-state index contributed by atoms with van der Waals surface area (Å²) in [5.41, 5.74) is 2.87. The standard InChI is InChI=1S/C22H26ClN3O2/c1-17-8-9-20(14-21(17)23)26(18(2)27)16-22(28)25-12-10-24(11-13-25)15-19-6-4-3-5-7-19/h3-9,14H,10-13,15-16H2,1-2H3. The van der Waals surface area contributed by atoms with Crippen LogP contribution in [0.2, 0.25) is 5.02 Å². The Morgan fingerprint density at radius 1 is 1.04 bits per heavy atom. The van der Waals surface area contributed by atoms with Gasteiger partial charge in [0.1, 0.15) is 6.54 Å². The zero-order chi connectivity index (χ0) is 20.1. The van der Waals surface area contributed by atoms with Crippen molar-refractivity contribution in [2.24, 2.45) is 0 Å². The average Bonchev–Trinajstić information content (AvgIpc) is 2.69. The summed E-state index contributed by atoms with van der Waals surface area (Å²) >= 11 is 6.19. The van der Waals surface area contributed by atoms with E-state index in [2.05, 4.69) is 17.0 Å². The number of piperazine rings is 1. The number of rotatable bonds is 5. The summed E-state index contributed by atoms with van der Waals surface area (Å²) < 4.78 is 0. The van der Waals surface area contributed by atoms with Gasteiger partial charge in [0.05, 0.1) is 0 Å². The lowest BCUT2D eigenvalue weighted by Gasteiger charge is -2.35. The Morgan fingerprint density at radius 2 is 1.71 bits per heavy atom. The van der Waals surface area contributed by atoms with Crippen LogP contribution in [0.25, 0.3) is 0 Å². The lowest BCUT2D eigenvalue weighted by molar-refractivity contribution is -0.132. The second-order valence-corrected chi connectivity index (χ2v) is 7.59. The first kappa shape index (κ1) is 20.4. The second kappa shape index (κ2) is 9.22. The molecule has 0 bridgehead atoms. The first-order valence-electron chi connectivity index (χ1n) is 9.52. The predicted molar refractivity (Wildman–Crippen MR) is 113 cm³/mol. The normalized spacial score (nSPS) is 14.8. The maximum absolute atomic E-state index is 12.8. The highest BCUT2D eigenvalue weighted by molar-refractivity contribution is 6.31. The fraction of sp³-hybridized carbons (Fsp3) is 0.364. The van der Waals surface area contributed by atoms with E-state index in [4.69, 9.17) is 11.6 Å². The van der Waals surface area contributed by atoms with Gasteiger partial charge in [-0.15, -0.1) is 0 Å². The van der Waals surface area contributed by atoms with Gasteiger partial charge in [-0.25, -0.2) is 0 Å². The Balaban J connectivity index is 1.57. The zero-order valence-electron chi connectivity index (χ0n) is 16.4. The van der Waals surface area contributed by atoms with E-state index in [-0.39, 0.29) is 18.4 Å². The number of nitrogens with zero attached hydrogens (tertiary/aromatic N) is 3. The molecule has 0 radical (unpaired) electrons. The Kier molecular flexibility index (Phi) is 6.70. The van der Waals surface area contributed by atoms with Gasteiger partial charge in [-0.1, -0.05) is 48.0 Å². The lowest BCUT2D eigenvalue weighted by atomic mass is 10.2. The van der Waals surface area contributed by atoms with Crippen LogP contribution in [-0.2, 0) is 16.1 Å². The van der Waals surface area contributed by atoms with Crippen LogP contribution < -0.4 is 4.90 Å². The maximum atomic E-state index is 12.8. The third-order valence-electron chi connectivity index (χ3n) is 5.11. The minimum Gasteiger partial charge on any atom is -0.339 e. The van der Waals surface area contributed by atoms with Crippen LogP contribution in [0.1, 0.15) is 18.1 Å². The van der Waals surface area contributed by atoms with Gasteiger partial charge >= 0.3 is 0 Å². The minimum atomic E-state index is -0.170. The van der Waals surface area contributed by atoms with E-state index >= 15 is 0 Å². The van der Waals surface area contributed by atoms with Crippen molar-refractivity contribution >= 4 is 29.1 Å². The summed E-state index contributed by atoms with van der Waals surface area (Å²) in [6, 6.07) is 15.8. The van der Waals surface area contributed by atoms with Crippen molar-refractivity contribution in [3.8, 4) is 0 Å². The molecule has 6 heteroatoms. The monoisotopic (exact) mass is 399 g/mol. The maximum Gasteiger partial charge on any atom is 0.242 e. The van der Waals surface area contributed by atoms with Crippen molar-refractivity contribution in [2.75, 3.05) is 37.6 Å². The van der Waals surface area contributed by atoms with Crippen LogP contribution in [0.5, 0.6) is 0 Å². The molecule has 0 saturated carbocycles. The molecule has 1 aliphatic heterocycles. The van der Waals surface area contributed by atoms with Crippen molar-refractivity contribution in [3.05, 3.63) is 64.7 Å². The number of benzene rings is 2. The molecule has 0 atom stereocenters. The predicted octanol–water partition coefficient (Wildman–Crippen LogP) is 3.35. The molecule has 5 nitrogen and oxygen atoms in total. The average molecular weight is 400 g/mol. The number of carbonyl (C=O) groups excluding carboxylic acids is 2. The van der Waals surface area contributed by atoms with E-state index < -0.39 is 0 Å². The molecule has 2 amide bonds. The van der Waals surface area contributed by atoms with Gasteiger partial charge < -0.3 is 9.80 Å². The molecule has 3 rings (SSSR count). The van der Waals surface area contributed by atoms with E-state index in [0.717, 1.165) is 25.2 Å². The second-order valence-electron chi connectivity index (χ2n) is 7.18. The lowest BCUT2D eigenvalue weighted by Crippen LogP contribution is -2.51. The topological polar surface area (TPSA) is 43.9 Å². The molecule has 1 saturated heterocycles. The molecule has 1 fully saturated rings. The van der Waals surface area contributed by atoms with E-state index in [9.17, 15) is 9.59 Å². The fourth-order valence-corrected chi connectivity index (χ4v) is 3.54. The van der Waals surface area contributed by atoms with Crippen LogP contribution in [0.15, 0.2) is 48.5 Å². The molecule has 0 aromatic heterocycles. The molecule has 2 aromatic carbocycles. The molecular formula is C22H26ClN3O2. The number of anilines is 1. The van der Waals surface area contributed by atoms with Crippen LogP contribution in [0, 0.1) is 6.92 Å². The van der Waals surface area contributed by atoms with Gasteiger partial charge in [-0.3, -0.25) is 14.5 Å². The number of carbonyl (C=O) groups is 2. The summed E-state index contributed by atoms with van der Waals surface area (Å²) in [5.74, 6) is -0.206. The van der Waals surface area contributed by atoms with E-state index in [1.165, 1.54) is 17.4 Å². The molecule has 148 valence electrons. The first-order valence-corrected chi connectivity index (χ1v) is 9.90. The Hall–Kier alpha value is -2.37. The summed E-state index contributed by atoms with van der Waals surface area (Å²) in [5, 5.41) is 0.589. The Labute approximate surface area is 171 Å². The van der Waals surface area contributed by atoms with Crippen molar-refractivity contribution in [1.82, 2.24) is 9.80 Å². The van der Waals surface area contributed by atoms with Crippen LogP contribution in [-0.4, -0.2) is 54.3 Å². The summed E-state index contributed by atoms with van der Waals surface area (Å²) in [7, 11) is 0. The highest BCUT2D eigenvalue weighted by atomic mass is 35.5. The first-order chi connectivity index (χ1) is 13.4. The number of amides is 2. The third kappa shape index (κ3) is 5.12. The summed E-state index contributed by atoms with van der Waals surface area (Å²) in [4.78, 5) is 30.6. The molecule has 0 spiro atoms. The molecule has 0 aliphatic carbocycles.